The molecular formula is C14H7FN2O3S3. The molecule has 0 radical (unpaired) electrons. The van der Waals surface area contributed by atoms with Crippen molar-refractivity contribution < 1.29 is 14.1 Å². The standard InChI is InChI=1S/C14H7FN2O3S3/c15-9-1-3-10(4-2-9)16-13(18)11(23-14(16)21)5-8-6-12(17(19)20)22-7-8/h1-7H/b11-5-. The van der Waals surface area contributed by atoms with Gasteiger partial charge in [0.1, 0.15) is 5.82 Å². The molecule has 0 bridgehead atoms. The van der Waals surface area contributed by atoms with Crippen LogP contribution < -0.4 is 4.90 Å². The Morgan fingerprint density at radius 1 is 1.30 bits per heavy atom. The second-order valence-corrected chi connectivity index (χ2v) is 7.03. The second kappa shape index (κ2) is 6.19. The molecule has 0 unspecified atom stereocenters. The van der Waals surface area contributed by atoms with Crippen LogP contribution in [0, 0.1) is 15.9 Å². The molecule has 116 valence electrons. The van der Waals surface area contributed by atoms with Crippen molar-refractivity contribution in [1.82, 2.24) is 0 Å². The van der Waals surface area contributed by atoms with Crippen LogP contribution in [0.15, 0.2) is 40.6 Å². The molecule has 1 aromatic heterocycles. The van der Waals surface area contributed by atoms with Gasteiger partial charge in [-0.15, -0.1) is 0 Å². The minimum atomic E-state index is -0.480. The average molecular weight is 366 g/mol. The summed E-state index contributed by atoms with van der Waals surface area (Å²) in [5.41, 5.74) is 1.05. The number of rotatable bonds is 3. The molecule has 1 aliphatic rings. The van der Waals surface area contributed by atoms with E-state index >= 15 is 0 Å². The number of thiocarbonyl (C=S) groups is 1. The van der Waals surface area contributed by atoms with E-state index in [4.69, 9.17) is 12.2 Å². The van der Waals surface area contributed by atoms with Crippen molar-refractivity contribution in [2.75, 3.05) is 4.90 Å². The van der Waals surface area contributed by atoms with Crippen molar-refractivity contribution in [2.45, 2.75) is 0 Å². The predicted molar refractivity (Wildman–Crippen MR) is 93.0 cm³/mol. The maximum Gasteiger partial charge on any atom is 0.324 e. The van der Waals surface area contributed by atoms with Crippen molar-refractivity contribution in [2.24, 2.45) is 0 Å². The van der Waals surface area contributed by atoms with Crippen LogP contribution >= 0.6 is 35.3 Å². The van der Waals surface area contributed by atoms with Crippen molar-refractivity contribution >= 4 is 62.3 Å². The van der Waals surface area contributed by atoms with Crippen LogP contribution in [0.2, 0.25) is 0 Å². The van der Waals surface area contributed by atoms with Gasteiger partial charge < -0.3 is 0 Å². The predicted octanol–water partition coefficient (Wildman–Crippen LogP) is 4.20. The number of carbonyl (C=O) groups is 1. The molecule has 1 fully saturated rings. The Morgan fingerprint density at radius 2 is 2.00 bits per heavy atom. The van der Waals surface area contributed by atoms with Crippen LogP contribution in [-0.4, -0.2) is 15.2 Å². The lowest BCUT2D eigenvalue weighted by Crippen LogP contribution is -2.27. The number of carbonyl (C=O) groups excluding carboxylic acids is 1. The van der Waals surface area contributed by atoms with Gasteiger partial charge in [-0.25, -0.2) is 4.39 Å². The first-order chi connectivity index (χ1) is 11.0. The molecule has 0 atom stereocenters. The largest absolute Gasteiger partial charge is 0.324 e. The molecule has 5 nitrogen and oxygen atoms in total. The summed E-state index contributed by atoms with van der Waals surface area (Å²) in [5.74, 6) is -0.735. The quantitative estimate of drug-likeness (QED) is 0.353. The summed E-state index contributed by atoms with van der Waals surface area (Å²) in [4.78, 5) is 24.4. The van der Waals surface area contributed by atoms with Crippen LogP contribution in [-0.2, 0) is 4.79 Å². The normalized spacial score (nSPS) is 16.4. The Kier molecular flexibility index (Phi) is 4.24. The van der Waals surface area contributed by atoms with E-state index in [1.54, 1.807) is 11.5 Å². The third-order valence-corrected chi connectivity index (χ3v) is 5.16. The van der Waals surface area contributed by atoms with Crippen LogP contribution in [0.5, 0.6) is 0 Å². The number of anilines is 1. The lowest BCUT2D eigenvalue weighted by molar-refractivity contribution is -0.380. The van der Waals surface area contributed by atoms with Gasteiger partial charge in [0.15, 0.2) is 4.32 Å². The van der Waals surface area contributed by atoms with Crippen molar-refractivity contribution in [3.8, 4) is 0 Å². The molecule has 0 spiro atoms. The van der Waals surface area contributed by atoms with Gasteiger partial charge in [-0.3, -0.25) is 19.8 Å². The van der Waals surface area contributed by atoms with Gasteiger partial charge in [-0.05, 0) is 35.9 Å². The number of nitro groups is 1. The topological polar surface area (TPSA) is 63.4 Å². The fourth-order valence-electron chi connectivity index (χ4n) is 1.94. The first-order valence-electron chi connectivity index (χ1n) is 6.22. The van der Waals surface area contributed by atoms with Gasteiger partial charge in [-0.2, -0.15) is 0 Å². The molecule has 3 rings (SSSR count). The third-order valence-electron chi connectivity index (χ3n) is 2.96. The Bertz CT molecular complexity index is 845. The summed E-state index contributed by atoms with van der Waals surface area (Å²) in [6.45, 7) is 0. The Hall–Kier alpha value is -2.10. The van der Waals surface area contributed by atoms with E-state index in [-0.39, 0.29) is 10.9 Å². The van der Waals surface area contributed by atoms with Crippen molar-refractivity contribution in [3.05, 3.63) is 62.1 Å². The van der Waals surface area contributed by atoms with Crippen molar-refractivity contribution in [1.29, 1.82) is 0 Å². The molecule has 0 saturated carbocycles. The van der Waals surface area contributed by atoms with Gasteiger partial charge in [0.2, 0.25) is 0 Å². The molecule has 2 aromatic rings. The van der Waals surface area contributed by atoms with E-state index < -0.39 is 10.7 Å². The number of hydrogen-bond acceptors (Lipinski definition) is 6. The molecule has 1 amide bonds. The number of thiophene rings is 1. The highest BCUT2D eigenvalue weighted by molar-refractivity contribution is 8.27. The molecule has 1 saturated heterocycles. The zero-order valence-electron chi connectivity index (χ0n) is 11.3. The SMILES string of the molecule is O=C1/C(=C/c2csc([N+](=O)[O-])c2)SC(=S)N1c1ccc(F)cc1. The minimum absolute atomic E-state index is 0.00487. The zero-order chi connectivity index (χ0) is 16.6. The van der Waals surface area contributed by atoms with E-state index in [9.17, 15) is 19.3 Å². The molecule has 0 aliphatic carbocycles. The van der Waals surface area contributed by atoms with E-state index in [0.29, 0.717) is 20.5 Å². The average Bonchev–Trinajstić information content (AvgIpc) is 3.07. The summed E-state index contributed by atoms with van der Waals surface area (Å²) >= 11 is 7.29. The molecule has 9 heteroatoms. The first-order valence-corrected chi connectivity index (χ1v) is 8.32. The maximum atomic E-state index is 13.0. The Balaban J connectivity index is 1.89. The molecule has 0 N–H and O–H groups in total. The highest BCUT2D eigenvalue weighted by Crippen LogP contribution is 2.37. The lowest BCUT2D eigenvalue weighted by atomic mass is 10.2. The Labute approximate surface area is 143 Å². The number of halogens is 1. The molecule has 1 aliphatic heterocycles. The van der Waals surface area contributed by atoms with E-state index in [1.807, 2.05) is 0 Å². The van der Waals surface area contributed by atoms with Crippen LogP contribution in [0.1, 0.15) is 5.56 Å². The van der Waals surface area contributed by atoms with Gasteiger partial charge in [-0.1, -0.05) is 35.3 Å². The maximum absolute atomic E-state index is 13.0. The molecular weight excluding hydrogens is 359 g/mol. The highest BCUT2D eigenvalue weighted by atomic mass is 32.2. The van der Waals surface area contributed by atoms with E-state index in [2.05, 4.69) is 0 Å². The number of hydrogen-bond donors (Lipinski definition) is 0. The highest BCUT2D eigenvalue weighted by Gasteiger charge is 2.33. The summed E-state index contributed by atoms with van der Waals surface area (Å²) < 4.78 is 13.3. The van der Waals surface area contributed by atoms with Gasteiger partial charge >= 0.3 is 5.00 Å². The number of nitrogens with zero attached hydrogens (tertiary/aromatic N) is 2. The summed E-state index contributed by atoms with van der Waals surface area (Å²) in [5, 5.41) is 12.3. The van der Waals surface area contributed by atoms with Crippen LogP contribution in [0.3, 0.4) is 0 Å². The summed E-state index contributed by atoms with van der Waals surface area (Å²) in [6, 6.07) is 6.84. The molecule has 23 heavy (non-hydrogen) atoms. The fraction of sp³-hybridized carbons (Fsp3) is 0. The van der Waals surface area contributed by atoms with Crippen LogP contribution in [0.25, 0.3) is 6.08 Å². The Morgan fingerprint density at radius 3 is 2.61 bits per heavy atom. The zero-order valence-corrected chi connectivity index (χ0v) is 13.7. The summed E-state index contributed by atoms with van der Waals surface area (Å²) in [6.07, 6.45) is 1.56. The molecule has 1 aromatic carbocycles. The summed E-state index contributed by atoms with van der Waals surface area (Å²) in [7, 11) is 0. The smallest absolute Gasteiger partial charge is 0.268 e. The minimum Gasteiger partial charge on any atom is -0.268 e. The fourth-order valence-corrected chi connectivity index (χ4v) is 3.92. The second-order valence-electron chi connectivity index (χ2n) is 4.47. The van der Waals surface area contributed by atoms with E-state index in [1.165, 1.54) is 35.2 Å². The number of benzene rings is 1. The monoisotopic (exact) mass is 366 g/mol. The third kappa shape index (κ3) is 3.16. The number of thioether (sulfide) groups is 1. The number of amides is 1. The van der Waals surface area contributed by atoms with Gasteiger partial charge in [0.05, 0.1) is 15.5 Å². The van der Waals surface area contributed by atoms with Crippen LogP contribution in [0.4, 0.5) is 15.1 Å². The van der Waals surface area contributed by atoms with Gasteiger partial charge in [0.25, 0.3) is 5.91 Å². The van der Waals surface area contributed by atoms with Gasteiger partial charge in [0, 0.05) is 11.4 Å². The van der Waals surface area contributed by atoms with E-state index in [0.717, 1.165) is 23.1 Å². The first kappa shape index (κ1) is 15.8. The van der Waals surface area contributed by atoms with Crippen molar-refractivity contribution in [3.63, 3.8) is 0 Å². The lowest BCUT2D eigenvalue weighted by Gasteiger charge is -2.14. The molecule has 2 heterocycles.